The molecule has 0 fully saturated rings. The highest BCUT2D eigenvalue weighted by Gasteiger charge is 2.06. The van der Waals surface area contributed by atoms with Gasteiger partial charge in [0.2, 0.25) is 0 Å². The van der Waals surface area contributed by atoms with Crippen molar-refractivity contribution in [2.24, 2.45) is 4.99 Å². The van der Waals surface area contributed by atoms with Crippen LogP contribution in [0.5, 0.6) is 0 Å². The van der Waals surface area contributed by atoms with E-state index in [-0.39, 0.29) is 6.42 Å². The summed E-state index contributed by atoms with van der Waals surface area (Å²) < 4.78 is 0. The van der Waals surface area contributed by atoms with E-state index in [1.807, 2.05) is 63.4 Å². The van der Waals surface area contributed by atoms with Crippen LogP contribution in [0.25, 0.3) is 0 Å². The maximum absolute atomic E-state index is 10.6. The van der Waals surface area contributed by atoms with Gasteiger partial charge in [-0.25, -0.2) is 0 Å². The predicted molar refractivity (Wildman–Crippen MR) is 126 cm³/mol. The zero-order valence-electron chi connectivity index (χ0n) is 17.9. The number of hydrogen-bond acceptors (Lipinski definition) is 3. The zero-order valence-corrected chi connectivity index (χ0v) is 17.9. The normalized spacial score (nSPS) is 10.7. The molecule has 0 unspecified atom stereocenters. The molecule has 30 heavy (non-hydrogen) atoms. The number of carbonyl (C=O) groups is 1. The smallest absolute Gasteiger partial charge is 0.303 e. The molecule has 0 amide bonds. The van der Waals surface area contributed by atoms with E-state index in [0.29, 0.717) is 6.42 Å². The first-order valence-corrected chi connectivity index (χ1v) is 10.3. The van der Waals surface area contributed by atoms with Crippen molar-refractivity contribution in [2.45, 2.75) is 33.2 Å². The van der Waals surface area contributed by atoms with Gasteiger partial charge >= 0.3 is 5.97 Å². The van der Waals surface area contributed by atoms with Crippen molar-refractivity contribution in [1.82, 2.24) is 0 Å². The number of aliphatic imine (C=N–C) groups is 1. The molecule has 156 valence electrons. The van der Waals surface area contributed by atoms with Gasteiger partial charge in [-0.2, -0.15) is 0 Å². The zero-order chi connectivity index (χ0) is 21.8. The van der Waals surface area contributed by atoms with Crippen molar-refractivity contribution < 1.29 is 9.90 Å². The van der Waals surface area contributed by atoms with Crippen LogP contribution in [0.15, 0.2) is 83.9 Å². The maximum atomic E-state index is 10.6. The summed E-state index contributed by atoms with van der Waals surface area (Å²) in [6.45, 7) is 4.72. The lowest BCUT2D eigenvalue weighted by Crippen LogP contribution is -2.04. The Bertz CT molecular complexity index is 931. The highest BCUT2D eigenvalue weighted by molar-refractivity contribution is 6.12. The minimum absolute atomic E-state index is 0.158. The van der Waals surface area contributed by atoms with Gasteiger partial charge in [0.15, 0.2) is 0 Å². The number of carboxylic acids is 1. The van der Waals surface area contributed by atoms with Gasteiger partial charge in [-0.1, -0.05) is 80.6 Å². The lowest BCUT2D eigenvalue weighted by Gasteiger charge is -2.10. The van der Waals surface area contributed by atoms with E-state index in [9.17, 15) is 4.79 Å². The molecule has 4 nitrogen and oxygen atoms in total. The van der Waals surface area contributed by atoms with Crippen molar-refractivity contribution in [3.63, 3.8) is 0 Å². The van der Waals surface area contributed by atoms with Crippen LogP contribution in [-0.4, -0.2) is 23.8 Å². The first-order chi connectivity index (χ1) is 14.7. The summed E-state index contributed by atoms with van der Waals surface area (Å²) >= 11 is 0. The van der Waals surface area contributed by atoms with Crippen molar-refractivity contribution in [3.05, 3.63) is 101 Å². The molecule has 4 heteroatoms. The number of aryl methyl sites for hydroxylation is 1. The van der Waals surface area contributed by atoms with Gasteiger partial charge < -0.3 is 10.4 Å². The fourth-order valence-corrected chi connectivity index (χ4v) is 3.05. The molecule has 0 heterocycles. The average molecular weight is 403 g/mol. The molecule has 0 saturated heterocycles. The molecule has 3 rings (SSSR count). The SMILES string of the molecule is CC.CN=C(c1ccccc1)c1ccc(CNc2ccc(CCC(=O)O)cc2)cc1. The minimum Gasteiger partial charge on any atom is -0.481 e. The van der Waals surface area contributed by atoms with Gasteiger partial charge in [0, 0.05) is 36.8 Å². The number of benzene rings is 3. The van der Waals surface area contributed by atoms with Crippen LogP contribution < -0.4 is 5.32 Å². The second kappa shape index (κ2) is 12.2. The molecule has 0 aliphatic heterocycles. The Kier molecular flexibility index (Phi) is 9.32. The molecule has 0 spiro atoms. The fourth-order valence-electron chi connectivity index (χ4n) is 3.05. The Labute approximate surface area is 179 Å². The van der Waals surface area contributed by atoms with Crippen LogP contribution in [0.4, 0.5) is 5.69 Å². The molecule has 3 aromatic rings. The molecule has 0 bridgehead atoms. The molecule has 0 aliphatic carbocycles. The summed E-state index contributed by atoms with van der Waals surface area (Å²) in [5.41, 5.74) is 6.42. The Morgan fingerprint density at radius 1 is 0.833 bits per heavy atom. The molecule has 0 aromatic heterocycles. The number of hydrogen-bond donors (Lipinski definition) is 2. The Morgan fingerprint density at radius 3 is 1.97 bits per heavy atom. The summed E-state index contributed by atoms with van der Waals surface area (Å²) in [6, 6.07) is 26.5. The van der Waals surface area contributed by atoms with E-state index in [1.165, 1.54) is 5.56 Å². The number of anilines is 1. The van der Waals surface area contributed by atoms with Gasteiger partial charge in [0.1, 0.15) is 0 Å². The van der Waals surface area contributed by atoms with Crippen LogP contribution in [0.3, 0.4) is 0 Å². The van der Waals surface area contributed by atoms with Crippen molar-refractivity contribution in [3.8, 4) is 0 Å². The van der Waals surface area contributed by atoms with Crippen molar-refractivity contribution in [1.29, 1.82) is 0 Å². The Morgan fingerprint density at radius 2 is 1.40 bits per heavy atom. The molecule has 0 aliphatic rings. The molecule has 2 N–H and O–H groups in total. The van der Waals surface area contributed by atoms with E-state index >= 15 is 0 Å². The van der Waals surface area contributed by atoms with Gasteiger partial charge in [-0.15, -0.1) is 0 Å². The van der Waals surface area contributed by atoms with E-state index in [0.717, 1.165) is 34.6 Å². The maximum Gasteiger partial charge on any atom is 0.303 e. The molecular weight excluding hydrogens is 372 g/mol. The van der Waals surface area contributed by atoms with Crippen LogP contribution in [-0.2, 0) is 17.8 Å². The second-order valence-electron chi connectivity index (χ2n) is 6.58. The third-order valence-electron chi connectivity index (χ3n) is 4.58. The predicted octanol–water partition coefficient (Wildman–Crippen LogP) is 5.81. The van der Waals surface area contributed by atoms with Gasteiger partial charge in [-0.05, 0) is 29.7 Å². The Balaban J connectivity index is 0.00000155. The van der Waals surface area contributed by atoms with E-state index in [4.69, 9.17) is 5.11 Å². The average Bonchev–Trinajstić information content (AvgIpc) is 2.80. The lowest BCUT2D eigenvalue weighted by atomic mass is 10.0. The number of nitrogens with one attached hydrogen (secondary N) is 1. The second-order valence-corrected chi connectivity index (χ2v) is 6.58. The quantitative estimate of drug-likeness (QED) is 0.468. The summed E-state index contributed by atoms with van der Waals surface area (Å²) in [5, 5.41) is 12.2. The molecule has 0 radical (unpaired) electrons. The first kappa shape index (κ1) is 22.9. The Hall–Kier alpha value is -3.40. The highest BCUT2D eigenvalue weighted by atomic mass is 16.4. The van der Waals surface area contributed by atoms with Crippen LogP contribution in [0.2, 0.25) is 0 Å². The highest BCUT2D eigenvalue weighted by Crippen LogP contribution is 2.15. The topological polar surface area (TPSA) is 61.7 Å². The van der Waals surface area contributed by atoms with E-state index in [2.05, 4.69) is 46.7 Å². The number of aliphatic carboxylic acids is 1. The van der Waals surface area contributed by atoms with E-state index < -0.39 is 5.97 Å². The number of nitrogens with zero attached hydrogens (tertiary/aromatic N) is 1. The van der Waals surface area contributed by atoms with Crippen LogP contribution in [0, 0.1) is 0 Å². The molecule has 0 saturated carbocycles. The molecule has 3 aromatic carbocycles. The number of carboxylic acid groups (broad SMARTS) is 1. The van der Waals surface area contributed by atoms with E-state index in [1.54, 1.807) is 0 Å². The summed E-state index contributed by atoms with van der Waals surface area (Å²) in [6.07, 6.45) is 0.713. The monoisotopic (exact) mass is 402 g/mol. The van der Waals surface area contributed by atoms with Crippen LogP contribution in [0.1, 0.15) is 42.5 Å². The summed E-state index contributed by atoms with van der Waals surface area (Å²) in [5.74, 6) is -0.769. The minimum atomic E-state index is -0.769. The molecular formula is C26H30N2O2. The lowest BCUT2D eigenvalue weighted by molar-refractivity contribution is -0.136. The largest absolute Gasteiger partial charge is 0.481 e. The first-order valence-electron chi connectivity index (χ1n) is 10.3. The van der Waals surface area contributed by atoms with Gasteiger partial charge in [-0.3, -0.25) is 9.79 Å². The number of rotatable bonds is 8. The summed E-state index contributed by atoms with van der Waals surface area (Å²) in [4.78, 5) is 15.1. The van der Waals surface area contributed by atoms with Crippen LogP contribution >= 0.6 is 0 Å². The standard InChI is InChI=1S/C24H24N2O2.C2H6/c1-25-24(20-5-3-2-4-6-20)21-12-7-19(8-13-21)17-26-22-14-9-18(10-15-22)11-16-23(27)28;1-2/h2-10,12-15,26H,11,16-17H2,1H3,(H,27,28);1-2H3. The van der Waals surface area contributed by atoms with Gasteiger partial charge in [0.05, 0.1) is 5.71 Å². The van der Waals surface area contributed by atoms with Crippen molar-refractivity contribution >= 4 is 17.4 Å². The van der Waals surface area contributed by atoms with Crippen molar-refractivity contribution in [2.75, 3.05) is 12.4 Å². The fraction of sp³-hybridized carbons (Fsp3) is 0.231. The molecule has 0 atom stereocenters. The third kappa shape index (κ3) is 6.89. The summed E-state index contributed by atoms with van der Waals surface area (Å²) in [7, 11) is 1.82. The third-order valence-corrected chi connectivity index (χ3v) is 4.58. The van der Waals surface area contributed by atoms with Gasteiger partial charge in [0.25, 0.3) is 0 Å².